The summed E-state index contributed by atoms with van der Waals surface area (Å²) in [4.78, 5) is 21.7. The van der Waals surface area contributed by atoms with Crippen molar-refractivity contribution in [2.75, 3.05) is 13.1 Å². The number of hydrogen-bond donors (Lipinski definition) is 3. The second-order valence-electron chi connectivity index (χ2n) is 4.19. The topological polar surface area (TPSA) is 78.4 Å². The van der Waals surface area contributed by atoms with Crippen LogP contribution in [0.15, 0.2) is 0 Å². The molecular weight excluding hydrogens is 208 g/mol. The average Bonchev–Trinajstić information content (AvgIpc) is 2.25. The van der Waals surface area contributed by atoms with Crippen LogP contribution in [-0.4, -0.2) is 36.1 Å². The van der Waals surface area contributed by atoms with Crippen molar-refractivity contribution in [2.45, 2.75) is 44.6 Å². The lowest BCUT2D eigenvalue weighted by atomic mass is 10.1. The molecule has 0 bridgehead atoms. The lowest BCUT2D eigenvalue weighted by molar-refractivity contribution is -0.137. The Labute approximate surface area is 95.6 Å². The predicted octanol–water partition coefficient (Wildman–Crippen LogP) is 0.500. The lowest BCUT2D eigenvalue weighted by Gasteiger charge is -2.23. The van der Waals surface area contributed by atoms with Gasteiger partial charge in [0.15, 0.2) is 0 Å². The molecule has 92 valence electrons. The molecule has 0 atom stereocenters. The van der Waals surface area contributed by atoms with Crippen LogP contribution in [0.3, 0.4) is 0 Å². The van der Waals surface area contributed by atoms with Crippen molar-refractivity contribution in [1.82, 2.24) is 10.6 Å². The minimum Gasteiger partial charge on any atom is -0.481 e. The van der Waals surface area contributed by atoms with Gasteiger partial charge in [-0.2, -0.15) is 0 Å². The Kier molecular flexibility index (Phi) is 5.85. The van der Waals surface area contributed by atoms with Gasteiger partial charge in [-0.25, -0.2) is 0 Å². The first kappa shape index (κ1) is 13.0. The molecule has 1 aliphatic rings. The second kappa shape index (κ2) is 7.22. The van der Waals surface area contributed by atoms with Crippen LogP contribution >= 0.6 is 0 Å². The molecule has 0 aromatic rings. The van der Waals surface area contributed by atoms with Crippen molar-refractivity contribution >= 4 is 11.9 Å². The normalized spacial score (nSPS) is 17.0. The van der Waals surface area contributed by atoms with Crippen LogP contribution < -0.4 is 10.6 Å². The summed E-state index contributed by atoms with van der Waals surface area (Å²) < 4.78 is 0. The van der Waals surface area contributed by atoms with E-state index in [2.05, 4.69) is 10.6 Å². The third-order valence-corrected chi connectivity index (χ3v) is 2.75. The Bertz CT molecular complexity index is 237. The molecule has 1 aliphatic heterocycles. The molecule has 16 heavy (non-hydrogen) atoms. The number of amides is 1. The molecule has 0 aromatic carbocycles. The summed E-state index contributed by atoms with van der Waals surface area (Å²) in [5.74, 6) is -0.740. The number of rotatable bonds is 6. The Morgan fingerprint density at radius 2 is 1.81 bits per heavy atom. The van der Waals surface area contributed by atoms with Gasteiger partial charge in [0.2, 0.25) is 5.91 Å². The third-order valence-electron chi connectivity index (χ3n) is 2.75. The largest absolute Gasteiger partial charge is 0.481 e. The minimum atomic E-state index is -0.793. The molecule has 1 rings (SSSR count). The molecule has 0 unspecified atom stereocenters. The fourth-order valence-corrected chi connectivity index (χ4v) is 1.83. The molecule has 0 spiro atoms. The minimum absolute atomic E-state index is 0.0530. The first-order valence-electron chi connectivity index (χ1n) is 5.90. The van der Waals surface area contributed by atoms with Gasteiger partial charge in [0.05, 0.1) is 0 Å². The van der Waals surface area contributed by atoms with Crippen molar-refractivity contribution in [3.63, 3.8) is 0 Å². The van der Waals surface area contributed by atoms with Crippen LogP contribution in [0.4, 0.5) is 0 Å². The molecule has 1 heterocycles. The van der Waals surface area contributed by atoms with Gasteiger partial charge in [-0.15, -0.1) is 0 Å². The maximum absolute atomic E-state index is 11.5. The van der Waals surface area contributed by atoms with Crippen LogP contribution in [0.25, 0.3) is 0 Å². The van der Waals surface area contributed by atoms with E-state index in [1.54, 1.807) is 0 Å². The SMILES string of the molecule is O=C(O)CCCCC(=O)NC1CCNCC1. The highest BCUT2D eigenvalue weighted by atomic mass is 16.4. The lowest BCUT2D eigenvalue weighted by Crippen LogP contribution is -2.42. The fraction of sp³-hybridized carbons (Fsp3) is 0.818. The van der Waals surface area contributed by atoms with Gasteiger partial charge < -0.3 is 15.7 Å². The monoisotopic (exact) mass is 228 g/mol. The zero-order valence-electron chi connectivity index (χ0n) is 9.50. The van der Waals surface area contributed by atoms with Crippen LogP contribution in [-0.2, 0) is 9.59 Å². The van der Waals surface area contributed by atoms with Gasteiger partial charge in [-0.05, 0) is 38.8 Å². The highest BCUT2D eigenvalue weighted by Gasteiger charge is 2.14. The maximum Gasteiger partial charge on any atom is 0.303 e. The molecule has 5 nitrogen and oxygen atoms in total. The molecule has 1 amide bonds. The number of nitrogens with one attached hydrogen (secondary N) is 2. The van der Waals surface area contributed by atoms with E-state index in [-0.39, 0.29) is 12.3 Å². The summed E-state index contributed by atoms with van der Waals surface area (Å²) in [6, 6.07) is 0.299. The number of carboxylic acid groups (broad SMARTS) is 1. The van der Waals surface area contributed by atoms with Gasteiger partial charge in [0, 0.05) is 18.9 Å². The van der Waals surface area contributed by atoms with E-state index < -0.39 is 5.97 Å². The summed E-state index contributed by atoms with van der Waals surface area (Å²) in [5.41, 5.74) is 0. The number of aliphatic carboxylic acids is 1. The summed E-state index contributed by atoms with van der Waals surface area (Å²) >= 11 is 0. The van der Waals surface area contributed by atoms with Crippen LogP contribution in [0.5, 0.6) is 0 Å². The van der Waals surface area contributed by atoms with E-state index in [1.165, 1.54) is 0 Å². The summed E-state index contributed by atoms with van der Waals surface area (Å²) in [5, 5.41) is 14.6. The standard InChI is InChI=1S/C11H20N2O3/c14-10(3-1-2-4-11(15)16)13-9-5-7-12-8-6-9/h9,12H,1-8H2,(H,13,14)(H,15,16). The number of hydrogen-bond acceptors (Lipinski definition) is 3. The Balaban J connectivity index is 2.03. The zero-order valence-corrected chi connectivity index (χ0v) is 9.50. The highest BCUT2D eigenvalue weighted by Crippen LogP contribution is 2.04. The molecule has 1 fully saturated rings. The Hall–Kier alpha value is -1.10. The summed E-state index contributed by atoms with van der Waals surface area (Å²) in [6.45, 7) is 1.92. The average molecular weight is 228 g/mol. The molecule has 5 heteroatoms. The van der Waals surface area contributed by atoms with Gasteiger partial charge in [-0.1, -0.05) is 0 Å². The Morgan fingerprint density at radius 1 is 1.19 bits per heavy atom. The van der Waals surface area contributed by atoms with Crippen LogP contribution in [0, 0.1) is 0 Å². The quantitative estimate of drug-likeness (QED) is 0.578. The Morgan fingerprint density at radius 3 is 2.44 bits per heavy atom. The number of carbonyl (C=O) groups excluding carboxylic acids is 1. The van der Waals surface area contributed by atoms with E-state index in [4.69, 9.17) is 5.11 Å². The van der Waals surface area contributed by atoms with E-state index in [9.17, 15) is 9.59 Å². The smallest absolute Gasteiger partial charge is 0.303 e. The van der Waals surface area contributed by atoms with Gasteiger partial charge in [-0.3, -0.25) is 9.59 Å². The number of piperidine rings is 1. The van der Waals surface area contributed by atoms with E-state index in [0.29, 0.717) is 25.3 Å². The number of unbranched alkanes of at least 4 members (excludes halogenated alkanes) is 1. The maximum atomic E-state index is 11.5. The molecule has 0 aliphatic carbocycles. The van der Waals surface area contributed by atoms with Gasteiger partial charge in [0.25, 0.3) is 0 Å². The first-order chi connectivity index (χ1) is 7.68. The fourth-order valence-electron chi connectivity index (χ4n) is 1.83. The summed E-state index contributed by atoms with van der Waals surface area (Å²) in [7, 11) is 0. The van der Waals surface area contributed by atoms with Crippen LogP contribution in [0.1, 0.15) is 38.5 Å². The number of carboxylic acids is 1. The van der Waals surface area contributed by atoms with Crippen molar-refractivity contribution < 1.29 is 14.7 Å². The second-order valence-corrected chi connectivity index (χ2v) is 4.19. The van der Waals surface area contributed by atoms with Crippen molar-refractivity contribution in [3.05, 3.63) is 0 Å². The number of carbonyl (C=O) groups is 2. The highest BCUT2D eigenvalue weighted by molar-refractivity contribution is 5.76. The molecular formula is C11H20N2O3. The first-order valence-corrected chi connectivity index (χ1v) is 5.90. The van der Waals surface area contributed by atoms with Gasteiger partial charge >= 0.3 is 5.97 Å². The predicted molar refractivity (Wildman–Crippen MR) is 60.1 cm³/mol. The van der Waals surface area contributed by atoms with Crippen molar-refractivity contribution in [2.24, 2.45) is 0 Å². The third kappa shape index (κ3) is 5.70. The molecule has 0 radical (unpaired) electrons. The van der Waals surface area contributed by atoms with Crippen molar-refractivity contribution in [1.29, 1.82) is 0 Å². The van der Waals surface area contributed by atoms with Crippen molar-refractivity contribution in [3.8, 4) is 0 Å². The molecule has 0 aromatic heterocycles. The summed E-state index contributed by atoms with van der Waals surface area (Å²) in [6.07, 6.45) is 3.80. The van der Waals surface area contributed by atoms with Gasteiger partial charge in [0.1, 0.15) is 0 Å². The molecule has 3 N–H and O–H groups in total. The molecule has 0 saturated carbocycles. The molecule has 1 saturated heterocycles. The zero-order chi connectivity index (χ0) is 11.8. The van der Waals surface area contributed by atoms with E-state index in [1.807, 2.05) is 0 Å². The van der Waals surface area contributed by atoms with E-state index >= 15 is 0 Å². The van der Waals surface area contributed by atoms with E-state index in [0.717, 1.165) is 25.9 Å². The van der Waals surface area contributed by atoms with Crippen LogP contribution in [0.2, 0.25) is 0 Å².